The molecule has 0 atom stereocenters. The second-order valence-electron chi connectivity index (χ2n) is 5.19. The molecule has 3 N–H and O–H groups in total. The van der Waals surface area contributed by atoms with Crippen molar-refractivity contribution in [3.8, 4) is 0 Å². The monoisotopic (exact) mass is 323 g/mol. The van der Waals surface area contributed by atoms with E-state index < -0.39 is 0 Å². The lowest BCUT2D eigenvalue weighted by Gasteiger charge is -2.28. The van der Waals surface area contributed by atoms with E-state index in [4.69, 9.17) is 10.5 Å². The van der Waals surface area contributed by atoms with Gasteiger partial charge in [0, 0.05) is 17.0 Å². The molecule has 0 aliphatic carbocycles. The molecule has 0 amide bonds. The highest BCUT2D eigenvalue weighted by Crippen LogP contribution is 2.32. The maximum absolute atomic E-state index is 6.06. The summed E-state index contributed by atoms with van der Waals surface area (Å²) in [4.78, 5) is 4.34. The second kappa shape index (κ2) is 5.35. The van der Waals surface area contributed by atoms with E-state index in [-0.39, 0.29) is 5.54 Å². The number of nitrogen functional groups attached to an aromatic ring is 1. The lowest BCUT2D eigenvalue weighted by atomic mass is 10.0. The van der Waals surface area contributed by atoms with Crippen LogP contribution in [0.5, 0.6) is 0 Å². The van der Waals surface area contributed by atoms with Crippen molar-refractivity contribution in [2.45, 2.75) is 19.4 Å². The molecule has 1 heterocycles. The molecule has 0 bridgehead atoms. The average molecular weight is 324 g/mol. The molecule has 2 rings (SSSR count). The molecule has 0 saturated heterocycles. The standard InChI is InChI=1S/C14H18BrN3O/c1-14(2,8-19-3)18-13-10-6-9(15)4-5-12(10)17-7-11(13)16/h4-7H,8,16H2,1-3H3,(H,17,18). The molecule has 0 spiro atoms. The minimum Gasteiger partial charge on any atom is -0.396 e. The Labute approximate surface area is 121 Å². The van der Waals surface area contributed by atoms with Crippen LogP contribution in [-0.4, -0.2) is 24.2 Å². The summed E-state index contributed by atoms with van der Waals surface area (Å²) in [5, 5.41) is 4.45. The lowest BCUT2D eigenvalue weighted by Crippen LogP contribution is -2.36. The van der Waals surface area contributed by atoms with E-state index in [1.165, 1.54) is 0 Å². The maximum Gasteiger partial charge on any atom is 0.0743 e. The van der Waals surface area contributed by atoms with Crippen molar-refractivity contribution in [2.24, 2.45) is 0 Å². The van der Waals surface area contributed by atoms with Gasteiger partial charge in [0.1, 0.15) is 0 Å². The first-order valence-electron chi connectivity index (χ1n) is 6.04. The Kier molecular flexibility index (Phi) is 3.96. The van der Waals surface area contributed by atoms with E-state index in [1.807, 2.05) is 18.2 Å². The number of anilines is 2. The van der Waals surface area contributed by atoms with Crippen molar-refractivity contribution < 1.29 is 4.74 Å². The summed E-state index contributed by atoms with van der Waals surface area (Å²) in [5.41, 5.74) is 8.29. The van der Waals surface area contributed by atoms with Gasteiger partial charge in [0.25, 0.3) is 0 Å². The predicted molar refractivity (Wildman–Crippen MR) is 83.4 cm³/mol. The first kappa shape index (κ1) is 14.1. The van der Waals surface area contributed by atoms with Crippen LogP contribution in [0.25, 0.3) is 10.9 Å². The van der Waals surface area contributed by atoms with Crippen LogP contribution >= 0.6 is 15.9 Å². The Bertz CT molecular complexity index is 593. The van der Waals surface area contributed by atoms with E-state index in [0.717, 1.165) is 21.1 Å². The van der Waals surface area contributed by atoms with E-state index in [1.54, 1.807) is 13.3 Å². The number of nitrogens with two attached hydrogens (primary N) is 1. The third-order valence-electron chi connectivity index (χ3n) is 2.83. The largest absolute Gasteiger partial charge is 0.396 e. The molecule has 5 heteroatoms. The van der Waals surface area contributed by atoms with E-state index in [2.05, 4.69) is 40.1 Å². The van der Waals surface area contributed by atoms with Crippen LogP contribution in [0.15, 0.2) is 28.9 Å². The fourth-order valence-electron chi connectivity index (χ4n) is 2.06. The molecule has 19 heavy (non-hydrogen) atoms. The van der Waals surface area contributed by atoms with Gasteiger partial charge in [-0.25, -0.2) is 0 Å². The van der Waals surface area contributed by atoms with Crippen molar-refractivity contribution in [3.63, 3.8) is 0 Å². The maximum atomic E-state index is 6.06. The molecule has 1 aromatic carbocycles. The molecule has 102 valence electrons. The van der Waals surface area contributed by atoms with Gasteiger partial charge in [0.05, 0.1) is 35.2 Å². The predicted octanol–water partition coefficient (Wildman–Crippen LogP) is 3.42. The number of hydrogen-bond donors (Lipinski definition) is 2. The number of nitrogens with one attached hydrogen (secondary N) is 1. The molecular weight excluding hydrogens is 306 g/mol. The van der Waals surface area contributed by atoms with Gasteiger partial charge < -0.3 is 15.8 Å². The van der Waals surface area contributed by atoms with Crippen LogP contribution in [0, 0.1) is 0 Å². The summed E-state index contributed by atoms with van der Waals surface area (Å²) in [6, 6.07) is 5.95. The molecule has 0 aliphatic heterocycles. The zero-order valence-corrected chi connectivity index (χ0v) is 12.9. The first-order valence-corrected chi connectivity index (χ1v) is 6.83. The van der Waals surface area contributed by atoms with Crippen molar-refractivity contribution in [1.29, 1.82) is 0 Å². The van der Waals surface area contributed by atoms with E-state index >= 15 is 0 Å². The molecule has 0 aliphatic rings. The molecule has 0 unspecified atom stereocenters. The molecule has 4 nitrogen and oxygen atoms in total. The smallest absolute Gasteiger partial charge is 0.0743 e. The molecule has 0 fully saturated rings. The number of ether oxygens (including phenoxy) is 1. The van der Waals surface area contributed by atoms with Gasteiger partial charge in [0.2, 0.25) is 0 Å². The second-order valence-corrected chi connectivity index (χ2v) is 6.11. The summed E-state index contributed by atoms with van der Waals surface area (Å²) in [5.74, 6) is 0. The normalized spacial score (nSPS) is 11.8. The quantitative estimate of drug-likeness (QED) is 0.905. The van der Waals surface area contributed by atoms with Crippen molar-refractivity contribution in [1.82, 2.24) is 4.98 Å². The first-order chi connectivity index (χ1) is 8.93. The molecule has 1 aromatic heterocycles. The van der Waals surface area contributed by atoms with E-state index in [0.29, 0.717) is 12.3 Å². The number of hydrogen-bond acceptors (Lipinski definition) is 4. The Morgan fingerprint density at radius 3 is 2.84 bits per heavy atom. The fourth-order valence-corrected chi connectivity index (χ4v) is 2.42. The van der Waals surface area contributed by atoms with Crippen molar-refractivity contribution >= 4 is 38.2 Å². The highest BCUT2D eigenvalue weighted by atomic mass is 79.9. The van der Waals surface area contributed by atoms with E-state index in [9.17, 15) is 0 Å². The van der Waals surface area contributed by atoms with Crippen LogP contribution in [-0.2, 0) is 4.74 Å². The summed E-state index contributed by atoms with van der Waals surface area (Å²) in [6.07, 6.45) is 1.68. The lowest BCUT2D eigenvalue weighted by molar-refractivity contribution is 0.158. The minimum atomic E-state index is -0.209. The summed E-state index contributed by atoms with van der Waals surface area (Å²) >= 11 is 3.48. The fraction of sp³-hybridized carbons (Fsp3) is 0.357. The topological polar surface area (TPSA) is 60.2 Å². The van der Waals surface area contributed by atoms with Crippen molar-refractivity contribution in [2.75, 3.05) is 24.8 Å². The molecule has 0 saturated carbocycles. The Morgan fingerprint density at radius 2 is 2.16 bits per heavy atom. The van der Waals surface area contributed by atoms with Crippen LogP contribution in [0.3, 0.4) is 0 Å². The Balaban J connectivity index is 2.52. The van der Waals surface area contributed by atoms with Gasteiger partial charge >= 0.3 is 0 Å². The van der Waals surface area contributed by atoms with Crippen LogP contribution in [0.4, 0.5) is 11.4 Å². The van der Waals surface area contributed by atoms with Crippen LogP contribution in [0.2, 0.25) is 0 Å². The summed E-state index contributed by atoms with van der Waals surface area (Å²) < 4.78 is 6.23. The summed E-state index contributed by atoms with van der Waals surface area (Å²) in [6.45, 7) is 4.73. The van der Waals surface area contributed by atoms with Crippen LogP contribution in [0.1, 0.15) is 13.8 Å². The van der Waals surface area contributed by atoms with Gasteiger partial charge in [-0.3, -0.25) is 4.98 Å². The SMILES string of the molecule is COCC(C)(C)Nc1c(N)cnc2ccc(Br)cc12. The number of nitrogens with zero attached hydrogens (tertiary/aromatic N) is 1. The summed E-state index contributed by atoms with van der Waals surface area (Å²) in [7, 11) is 1.69. The molecule has 0 radical (unpaired) electrons. The number of aromatic nitrogens is 1. The highest BCUT2D eigenvalue weighted by Gasteiger charge is 2.20. The minimum absolute atomic E-state index is 0.209. The number of methoxy groups -OCH3 is 1. The Hall–Kier alpha value is -1.33. The highest BCUT2D eigenvalue weighted by molar-refractivity contribution is 9.10. The number of halogens is 1. The number of benzene rings is 1. The van der Waals surface area contributed by atoms with Gasteiger partial charge in [0.15, 0.2) is 0 Å². The van der Waals surface area contributed by atoms with Gasteiger partial charge in [-0.2, -0.15) is 0 Å². The number of pyridine rings is 1. The van der Waals surface area contributed by atoms with Crippen LogP contribution < -0.4 is 11.1 Å². The third kappa shape index (κ3) is 3.16. The zero-order valence-electron chi connectivity index (χ0n) is 11.3. The average Bonchev–Trinajstić information content (AvgIpc) is 2.33. The number of rotatable bonds is 4. The molecule has 2 aromatic rings. The molecular formula is C14H18BrN3O. The third-order valence-corrected chi connectivity index (χ3v) is 3.32. The van der Waals surface area contributed by atoms with Gasteiger partial charge in [-0.1, -0.05) is 15.9 Å². The number of fused-ring (bicyclic) bond motifs is 1. The Morgan fingerprint density at radius 1 is 1.42 bits per heavy atom. The van der Waals surface area contributed by atoms with Gasteiger partial charge in [-0.15, -0.1) is 0 Å². The van der Waals surface area contributed by atoms with Crippen molar-refractivity contribution in [3.05, 3.63) is 28.9 Å². The van der Waals surface area contributed by atoms with Gasteiger partial charge in [-0.05, 0) is 32.0 Å². The zero-order chi connectivity index (χ0) is 14.0.